The van der Waals surface area contributed by atoms with Crippen molar-refractivity contribution in [3.63, 3.8) is 0 Å². The molecule has 2 fully saturated rings. The van der Waals surface area contributed by atoms with Crippen molar-refractivity contribution in [1.82, 2.24) is 9.62 Å². The topological polar surface area (TPSA) is 127 Å². The first-order chi connectivity index (χ1) is 15.0. The molecule has 0 radical (unpaired) electrons. The highest BCUT2D eigenvalue weighted by Crippen LogP contribution is 2.30. The molecule has 0 bridgehead atoms. The molecule has 2 aliphatic carbocycles. The van der Waals surface area contributed by atoms with Crippen molar-refractivity contribution in [2.45, 2.75) is 80.6 Å². The number of benzene rings is 1. The van der Waals surface area contributed by atoms with Gasteiger partial charge >= 0.3 is 0 Å². The Kier molecular flexibility index (Phi) is 8.01. The lowest BCUT2D eigenvalue weighted by Crippen LogP contribution is -2.52. The van der Waals surface area contributed by atoms with Gasteiger partial charge in [-0.1, -0.05) is 19.1 Å². The Bertz CT molecular complexity index is 997. The van der Waals surface area contributed by atoms with Crippen LogP contribution >= 0.6 is 0 Å². The van der Waals surface area contributed by atoms with Crippen molar-refractivity contribution >= 4 is 25.8 Å². The fourth-order valence-corrected chi connectivity index (χ4v) is 6.60. The van der Waals surface area contributed by atoms with Crippen LogP contribution in [-0.2, 0) is 30.4 Å². The molecule has 3 N–H and O–H groups in total. The summed E-state index contributed by atoms with van der Waals surface area (Å²) in [6.45, 7) is 1.59. The van der Waals surface area contributed by atoms with Gasteiger partial charge in [0.25, 0.3) is 0 Å². The van der Waals surface area contributed by atoms with E-state index in [0.717, 1.165) is 19.3 Å². The van der Waals surface area contributed by atoms with Gasteiger partial charge in [-0.15, -0.1) is 0 Å². The Morgan fingerprint density at radius 1 is 1.06 bits per heavy atom. The third-order valence-electron chi connectivity index (χ3n) is 6.92. The number of rotatable bonds is 9. The lowest BCUT2D eigenvalue weighted by molar-refractivity contribution is -0.136. The van der Waals surface area contributed by atoms with Crippen LogP contribution in [0, 0.1) is 5.92 Å². The number of nitrogens with one attached hydrogen (secondary N) is 1. The molecule has 8 nitrogen and oxygen atoms in total. The summed E-state index contributed by atoms with van der Waals surface area (Å²) in [5.74, 6) is -0.00552. The van der Waals surface area contributed by atoms with Crippen LogP contribution in [0.5, 0.6) is 0 Å². The number of likely N-dealkylation sites (N-methyl/N-ethyl adjacent to an activating group) is 1. The van der Waals surface area contributed by atoms with Crippen LogP contribution in [0.15, 0.2) is 29.2 Å². The van der Waals surface area contributed by atoms with Crippen LogP contribution in [0.3, 0.4) is 0 Å². The second kappa shape index (κ2) is 10.2. The summed E-state index contributed by atoms with van der Waals surface area (Å²) in [7, 11) is -5.05. The van der Waals surface area contributed by atoms with Gasteiger partial charge in [-0.2, -0.15) is 0 Å². The fourth-order valence-electron chi connectivity index (χ4n) is 4.40. The Labute approximate surface area is 191 Å². The maximum Gasteiger partial charge on any atom is 0.240 e. The van der Waals surface area contributed by atoms with Gasteiger partial charge in [-0.3, -0.25) is 4.79 Å². The van der Waals surface area contributed by atoms with E-state index in [4.69, 9.17) is 5.73 Å². The second-order valence-corrected chi connectivity index (χ2v) is 13.2. The average molecular weight is 486 g/mol. The van der Waals surface area contributed by atoms with Crippen molar-refractivity contribution in [2.24, 2.45) is 11.7 Å². The van der Waals surface area contributed by atoms with Gasteiger partial charge in [0.05, 0.1) is 16.7 Å². The standard InChI is InChI=1S/C22H35N3O5S2/c1-3-31(27,28)15-16-7-13-20(14-8-16)32(29,30)24-18-11-9-17(10-12-18)21(23)22(26)25(2)19-5-4-6-19/h7-8,13-14,17-19,21,24H,3-6,9-12,15,23H2,1-2H3/t17?,18?,21-/m0/s1. The number of hydrogen-bond donors (Lipinski definition) is 2. The van der Waals surface area contributed by atoms with Gasteiger partial charge in [0.15, 0.2) is 9.84 Å². The molecule has 0 saturated heterocycles. The third-order valence-corrected chi connectivity index (χ3v) is 10.1. The molecule has 0 aliphatic heterocycles. The first-order valence-corrected chi connectivity index (χ1v) is 14.7. The molecule has 1 aromatic carbocycles. The molecule has 180 valence electrons. The zero-order valence-electron chi connectivity index (χ0n) is 18.9. The third kappa shape index (κ3) is 6.09. The number of nitrogens with two attached hydrogens (primary N) is 1. The van der Waals surface area contributed by atoms with Crippen molar-refractivity contribution in [1.29, 1.82) is 0 Å². The van der Waals surface area contributed by atoms with Crippen LogP contribution < -0.4 is 10.5 Å². The largest absolute Gasteiger partial charge is 0.341 e. The van der Waals surface area contributed by atoms with Crippen LogP contribution in [0.25, 0.3) is 0 Å². The summed E-state index contributed by atoms with van der Waals surface area (Å²) < 4.78 is 51.8. The molecular formula is C22H35N3O5S2. The van der Waals surface area contributed by atoms with Crippen LogP contribution in [0.2, 0.25) is 0 Å². The van der Waals surface area contributed by atoms with Gasteiger partial charge < -0.3 is 10.6 Å². The quantitative estimate of drug-likeness (QED) is 0.549. The van der Waals surface area contributed by atoms with E-state index in [1.165, 1.54) is 12.1 Å². The number of nitrogens with zero attached hydrogens (tertiary/aromatic N) is 1. The molecule has 2 saturated carbocycles. The molecule has 0 spiro atoms. The zero-order chi connectivity index (χ0) is 23.5. The van der Waals surface area contributed by atoms with E-state index in [9.17, 15) is 21.6 Å². The maximum atomic E-state index is 12.8. The first-order valence-electron chi connectivity index (χ1n) is 11.4. The normalized spacial score (nSPS) is 23.3. The number of sulfone groups is 1. The smallest absolute Gasteiger partial charge is 0.240 e. The Morgan fingerprint density at radius 2 is 1.66 bits per heavy atom. The SMILES string of the molecule is CCS(=O)(=O)Cc1ccc(S(=O)(=O)NC2CCC([C@H](N)C(=O)N(C)C3CCC3)CC2)cc1. The molecule has 1 amide bonds. The van der Waals surface area contributed by atoms with Gasteiger partial charge in [0, 0.05) is 24.9 Å². The molecule has 1 atom stereocenters. The summed E-state index contributed by atoms with van der Waals surface area (Å²) in [6, 6.07) is 5.54. The van der Waals surface area contributed by atoms with Crippen LogP contribution in [0.4, 0.5) is 0 Å². The van der Waals surface area contributed by atoms with Crippen molar-refractivity contribution in [3.8, 4) is 0 Å². The summed E-state index contributed by atoms with van der Waals surface area (Å²) in [5.41, 5.74) is 6.83. The highest BCUT2D eigenvalue weighted by molar-refractivity contribution is 7.90. The van der Waals surface area contributed by atoms with Crippen molar-refractivity contribution < 1.29 is 21.6 Å². The molecule has 0 heterocycles. The van der Waals surface area contributed by atoms with E-state index in [2.05, 4.69) is 4.72 Å². The minimum Gasteiger partial charge on any atom is -0.341 e. The zero-order valence-corrected chi connectivity index (χ0v) is 20.5. The van der Waals surface area contributed by atoms with Crippen molar-refractivity contribution in [3.05, 3.63) is 29.8 Å². The van der Waals surface area contributed by atoms with Crippen LogP contribution in [0.1, 0.15) is 57.4 Å². The lowest BCUT2D eigenvalue weighted by atomic mass is 9.81. The Balaban J connectivity index is 1.53. The first kappa shape index (κ1) is 25.1. The Morgan fingerprint density at radius 3 is 2.16 bits per heavy atom. The molecule has 32 heavy (non-hydrogen) atoms. The van der Waals surface area contributed by atoms with E-state index < -0.39 is 25.9 Å². The summed E-state index contributed by atoms with van der Waals surface area (Å²) >= 11 is 0. The average Bonchev–Trinajstić information content (AvgIpc) is 2.72. The molecular weight excluding hydrogens is 450 g/mol. The lowest BCUT2D eigenvalue weighted by Gasteiger charge is -2.38. The minimum absolute atomic E-state index is 0.0103. The number of hydrogen-bond acceptors (Lipinski definition) is 6. The Hall–Kier alpha value is -1.49. The molecule has 1 aromatic rings. The summed E-state index contributed by atoms with van der Waals surface area (Å²) in [6.07, 6.45) is 5.90. The van der Waals surface area contributed by atoms with E-state index in [1.54, 1.807) is 24.0 Å². The molecule has 0 unspecified atom stereocenters. The monoisotopic (exact) mass is 485 g/mol. The van der Waals surface area contributed by atoms with E-state index in [1.807, 2.05) is 7.05 Å². The minimum atomic E-state index is -3.71. The van der Waals surface area contributed by atoms with Gasteiger partial charge in [0.1, 0.15) is 0 Å². The van der Waals surface area contributed by atoms with Gasteiger partial charge in [-0.25, -0.2) is 21.6 Å². The fraction of sp³-hybridized carbons (Fsp3) is 0.682. The number of sulfonamides is 1. The predicted octanol–water partition coefficient (Wildman–Crippen LogP) is 1.80. The number of carbonyl (C=O) groups is 1. The van der Waals surface area contributed by atoms with E-state index in [-0.39, 0.29) is 34.3 Å². The highest BCUT2D eigenvalue weighted by atomic mass is 32.2. The summed E-state index contributed by atoms with van der Waals surface area (Å²) in [5, 5.41) is 0. The van der Waals surface area contributed by atoms with Crippen LogP contribution in [-0.4, -0.2) is 58.6 Å². The van der Waals surface area contributed by atoms with Crippen molar-refractivity contribution in [2.75, 3.05) is 12.8 Å². The number of carbonyl (C=O) groups excluding carboxylic acids is 1. The number of amides is 1. The van der Waals surface area contributed by atoms with E-state index >= 15 is 0 Å². The second-order valence-electron chi connectivity index (χ2n) is 9.11. The van der Waals surface area contributed by atoms with Gasteiger partial charge in [0.2, 0.25) is 15.9 Å². The van der Waals surface area contributed by atoms with E-state index in [0.29, 0.717) is 37.3 Å². The molecule has 10 heteroatoms. The highest BCUT2D eigenvalue weighted by Gasteiger charge is 2.35. The van der Waals surface area contributed by atoms with Gasteiger partial charge in [-0.05, 0) is 68.6 Å². The molecule has 0 aromatic heterocycles. The molecule has 2 aliphatic rings. The summed E-state index contributed by atoms with van der Waals surface area (Å²) in [4.78, 5) is 14.6. The maximum absolute atomic E-state index is 12.8. The molecule has 3 rings (SSSR count). The predicted molar refractivity (Wildman–Crippen MR) is 124 cm³/mol.